The van der Waals surface area contributed by atoms with Gasteiger partial charge in [0.1, 0.15) is 17.2 Å². The average Bonchev–Trinajstić information content (AvgIpc) is 3.49. The molecule has 4 heterocycles. The van der Waals surface area contributed by atoms with Crippen molar-refractivity contribution in [1.29, 1.82) is 0 Å². The van der Waals surface area contributed by atoms with Gasteiger partial charge in [-0.05, 0) is 56.2 Å². The minimum atomic E-state index is -3.42. The van der Waals surface area contributed by atoms with E-state index in [0.717, 1.165) is 37.3 Å². The molecule has 3 aromatic rings. The van der Waals surface area contributed by atoms with E-state index in [4.69, 9.17) is 0 Å². The highest BCUT2D eigenvalue weighted by atomic mass is 32.2. The lowest BCUT2D eigenvalue weighted by Crippen LogP contribution is -2.39. The standard InChI is InChI=1S/C26H32F2N8O2S/c1-2-39(37,38)32-19-3-4-22(23(15-19)34-11-7-25(5-6-25)8-12-34)36-18-21(31-33-36)20-16-29-17-24(30-20)35-13-9-26(27,28)10-14-35/h3-4,15-18,32H,2,5-14H2,1H3. The normalized spacial score (nSPS) is 20.3. The summed E-state index contributed by atoms with van der Waals surface area (Å²) >= 11 is 0. The summed E-state index contributed by atoms with van der Waals surface area (Å²) < 4.78 is 56.0. The molecule has 208 valence electrons. The van der Waals surface area contributed by atoms with Crippen molar-refractivity contribution >= 4 is 27.2 Å². The van der Waals surface area contributed by atoms with Gasteiger partial charge in [0, 0.05) is 39.0 Å². The molecule has 2 aliphatic heterocycles. The van der Waals surface area contributed by atoms with E-state index in [1.54, 1.807) is 36.3 Å². The maximum absolute atomic E-state index is 13.6. The second kappa shape index (κ2) is 9.68. The fourth-order valence-corrected chi connectivity index (χ4v) is 6.01. The molecule has 6 rings (SSSR count). The van der Waals surface area contributed by atoms with Gasteiger partial charge in [-0.25, -0.2) is 26.9 Å². The molecule has 0 bridgehead atoms. The van der Waals surface area contributed by atoms with Gasteiger partial charge in [0.2, 0.25) is 10.0 Å². The second-order valence-electron chi connectivity index (χ2n) is 10.8. The zero-order chi connectivity index (χ0) is 27.3. The third-order valence-corrected chi connectivity index (χ3v) is 9.50. The van der Waals surface area contributed by atoms with Crippen LogP contribution in [-0.2, 0) is 10.0 Å². The Bertz CT molecular complexity index is 1450. The van der Waals surface area contributed by atoms with Crippen molar-refractivity contribution in [2.45, 2.75) is 51.4 Å². The number of piperidine rings is 2. The van der Waals surface area contributed by atoms with Gasteiger partial charge in [-0.15, -0.1) is 5.10 Å². The summed E-state index contributed by atoms with van der Waals surface area (Å²) in [5, 5.41) is 8.69. The third kappa shape index (κ3) is 5.54. The Kier molecular flexibility index (Phi) is 6.43. The van der Waals surface area contributed by atoms with E-state index in [-0.39, 0.29) is 31.7 Å². The molecule has 0 unspecified atom stereocenters. The van der Waals surface area contributed by atoms with Crippen LogP contribution in [0, 0.1) is 5.41 Å². The summed E-state index contributed by atoms with van der Waals surface area (Å²) in [5.41, 5.74) is 3.66. The maximum atomic E-state index is 13.6. The smallest absolute Gasteiger partial charge is 0.251 e. The van der Waals surface area contributed by atoms with Gasteiger partial charge in [0.05, 0.1) is 41.4 Å². The first-order valence-corrected chi connectivity index (χ1v) is 15.1. The monoisotopic (exact) mass is 558 g/mol. The Morgan fingerprint density at radius 3 is 2.33 bits per heavy atom. The average molecular weight is 559 g/mol. The van der Waals surface area contributed by atoms with Crippen molar-refractivity contribution in [1.82, 2.24) is 25.0 Å². The zero-order valence-electron chi connectivity index (χ0n) is 21.9. The molecule has 13 heteroatoms. The number of hydrogen-bond acceptors (Lipinski definition) is 8. The molecule has 2 saturated heterocycles. The Hall–Kier alpha value is -3.35. The van der Waals surface area contributed by atoms with Crippen molar-refractivity contribution in [2.75, 3.05) is 46.5 Å². The molecule has 0 radical (unpaired) electrons. The molecule has 0 amide bonds. The Morgan fingerprint density at radius 1 is 0.923 bits per heavy atom. The lowest BCUT2D eigenvalue weighted by molar-refractivity contribution is -0.0221. The zero-order valence-corrected chi connectivity index (χ0v) is 22.7. The fourth-order valence-electron chi connectivity index (χ4n) is 5.38. The van der Waals surface area contributed by atoms with Crippen molar-refractivity contribution < 1.29 is 17.2 Å². The van der Waals surface area contributed by atoms with Crippen LogP contribution in [0.25, 0.3) is 17.1 Å². The number of benzene rings is 1. The highest BCUT2D eigenvalue weighted by molar-refractivity contribution is 7.92. The molecule has 3 fully saturated rings. The Labute approximate surface area is 226 Å². The van der Waals surface area contributed by atoms with E-state index in [1.165, 1.54) is 12.8 Å². The van der Waals surface area contributed by atoms with Gasteiger partial charge in [-0.2, -0.15) is 0 Å². The molecule has 1 aromatic carbocycles. The summed E-state index contributed by atoms with van der Waals surface area (Å²) in [7, 11) is -3.42. The van der Waals surface area contributed by atoms with Crippen LogP contribution >= 0.6 is 0 Å². The number of alkyl halides is 2. The van der Waals surface area contributed by atoms with Gasteiger partial charge in [-0.1, -0.05) is 5.21 Å². The fraction of sp³-hybridized carbons (Fsp3) is 0.538. The third-order valence-electron chi connectivity index (χ3n) is 8.19. The lowest BCUT2D eigenvalue weighted by Gasteiger charge is -2.35. The molecule has 1 aliphatic carbocycles. The summed E-state index contributed by atoms with van der Waals surface area (Å²) in [4.78, 5) is 13.0. The number of nitrogens with zero attached hydrogens (tertiary/aromatic N) is 7. The number of sulfonamides is 1. The number of nitrogens with one attached hydrogen (secondary N) is 1. The number of aromatic nitrogens is 5. The van der Waals surface area contributed by atoms with Crippen LogP contribution in [0.15, 0.2) is 36.8 Å². The van der Waals surface area contributed by atoms with Crippen LogP contribution in [0.1, 0.15) is 45.4 Å². The molecule has 0 atom stereocenters. The van der Waals surface area contributed by atoms with Gasteiger partial charge in [0.25, 0.3) is 5.92 Å². The van der Waals surface area contributed by atoms with E-state index < -0.39 is 15.9 Å². The topological polar surface area (TPSA) is 109 Å². The van der Waals surface area contributed by atoms with Crippen molar-refractivity contribution in [2.24, 2.45) is 5.41 Å². The van der Waals surface area contributed by atoms with Gasteiger partial charge in [0.15, 0.2) is 0 Å². The summed E-state index contributed by atoms with van der Waals surface area (Å²) in [6.07, 6.45) is 9.32. The molecule has 1 saturated carbocycles. The van der Waals surface area contributed by atoms with Crippen molar-refractivity contribution in [3.05, 3.63) is 36.8 Å². The van der Waals surface area contributed by atoms with E-state index in [1.807, 2.05) is 17.0 Å². The quantitative estimate of drug-likeness (QED) is 0.462. The van der Waals surface area contributed by atoms with Crippen molar-refractivity contribution in [3.8, 4) is 17.1 Å². The number of rotatable bonds is 7. The lowest BCUT2D eigenvalue weighted by atomic mass is 9.93. The van der Waals surface area contributed by atoms with Crippen LogP contribution in [-0.4, -0.2) is 71.2 Å². The predicted molar refractivity (Wildman–Crippen MR) is 145 cm³/mol. The molecule has 1 spiro atoms. The number of hydrogen-bond donors (Lipinski definition) is 1. The predicted octanol–water partition coefficient (Wildman–Crippen LogP) is 4.10. The highest BCUT2D eigenvalue weighted by Gasteiger charge is 2.44. The molecule has 2 aromatic heterocycles. The maximum Gasteiger partial charge on any atom is 0.251 e. The first-order valence-electron chi connectivity index (χ1n) is 13.4. The summed E-state index contributed by atoms with van der Waals surface area (Å²) in [6, 6.07) is 5.44. The van der Waals surface area contributed by atoms with Crippen LogP contribution in [0.5, 0.6) is 0 Å². The summed E-state index contributed by atoms with van der Waals surface area (Å²) in [5.74, 6) is -2.11. The van der Waals surface area contributed by atoms with Crippen LogP contribution in [0.2, 0.25) is 0 Å². The van der Waals surface area contributed by atoms with Crippen LogP contribution in [0.3, 0.4) is 0 Å². The van der Waals surface area contributed by atoms with Gasteiger partial charge >= 0.3 is 0 Å². The van der Waals surface area contributed by atoms with Gasteiger partial charge in [-0.3, -0.25) is 9.71 Å². The molecule has 39 heavy (non-hydrogen) atoms. The van der Waals surface area contributed by atoms with Crippen LogP contribution < -0.4 is 14.5 Å². The Morgan fingerprint density at radius 2 is 1.64 bits per heavy atom. The van der Waals surface area contributed by atoms with Gasteiger partial charge < -0.3 is 9.80 Å². The molecular formula is C26H32F2N8O2S. The largest absolute Gasteiger partial charge is 0.370 e. The molecule has 3 aliphatic rings. The first-order chi connectivity index (χ1) is 18.6. The van der Waals surface area contributed by atoms with E-state index >= 15 is 0 Å². The highest BCUT2D eigenvalue weighted by Crippen LogP contribution is 2.54. The van der Waals surface area contributed by atoms with Crippen LogP contribution in [0.4, 0.5) is 26.0 Å². The molecule has 1 N–H and O–H groups in total. The minimum Gasteiger partial charge on any atom is -0.370 e. The van der Waals surface area contributed by atoms with Crippen molar-refractivity contribution in [3.63, 3.8) is 0 Å². The van der Waals surface area contributed by atoms with E-state index in [2.05, 4.69) is 29.9 Å². The minimum absolute atomic E-state index is 0.0112. The number of anilines is 3. The SMILES string of the molecule is CCS(=O)(=O)Nc1ccc(-n2cc(-c3cncc(N4CCC(F)(F)CC4)n3)nn2)c(N2CCC3(CC2)CC3)c1. The summed E-state index contributed by atoms with van der Waals surface area (Å²) in [6.45, 7) is 3.81. The first kappa shape index (κ1) is 25.9. The second-order valence-corrected chi connectivity index (χ2v) is 12.9. The molecule has 10 nitrogen and oxygen atoms in total. The van der Waals surface area contributed by atoms with E-state index in [0.29, 0.717) is 28.3 Å². The number of halogens is 2. The Balaban J connectivity index is 1.29. The van der Waals surface area contributed by atoms with E-state index in [9.17, 15) is 17.2 Å². The molecular weight excluding hydrogens is 526 g/mol.